The van der Waals surface area contributed by atoms with Crippen molar-refractivity contribution in [1.29, 1.82) is 0 Å². The van der Waals surface area contributed by atoms with Gasteiger partial charge in [-0.25, -0.2) is 4.79 Å². The zero-order valence-electron chi connectivity index (χ0n) is 13.1. The van der Waals surface area contributed by atoms with Gasteiger partial charge in [0.2, 0.25) is 0 Å². The van der Waals surface area contributed by atoms with E-state index in [2.05, 4.69) is 20.8 Å². The minimum Gasteiger partial charge on any atom is -0.482 e. The quantitative estimate of drug-likeness (QED) is 0.682. The number of hydrogen-bond acceptors (Lipinski definition) is 4. The molecular formula is C17H25NO3. The van der Waals surface area contributed by atoms with E-state index < -0.39 is 0 Å². The van der Waals surface area contributed by atoms with Gasteiger partial charge >= 0.3 is 5.97 Å². The van der Waals surface area contributed by atoms with Crippen LogP contribution in [0.4, 0.5) is 5.69 Å². The Bertz CT molecular complexity index is 499. The van der Waals surface area contributed by atoms with E-state index >= 15 is 0 Å². The molecule has 2 atom stereocenters. The van der Waals surface area contributed by atoms with Gasteiger partial charge in [0.25, 0.3) is 0 Å². The Morgan fingerprint density at radius 2 is 2.14 bits per heavy atom. The molecular weight excluding hydrogens is 266 g/mol. The number of ether oxygens (including phenoxy) is 2. The molecule has 1 saturated carbocycles. The van der Waals surface area contributed by atoms with Gasteiger partial charge in [-0.1, -0.05) is 26.8 Å². The first-order valence-electron chi connectivity index (χ1n) is 7.52. The molecule has 116 valence electrons. The van der Waals surface area contributed by atoms with Crippen LogP contribution < -0.4 is 10.5 Å². The van der Waals surface area contributed by atoms with Crippen LogP contribution in [0.5, 0.6) is 5.75 Å². The fourth-order valence-electron chi connectivity index (χ4n) is 3.31. The van der Waals surface area contributed by atoms with E-state index in [0.717, 1.165) is 12.8 Å². The van der Waals surface area contributed by atoms with Crippen molar-refractivity contribution in [3.8, 4) is 5.75 Å². The lowest BCUT2D eigenvalue weighted by Gasteiger charge is -2.38. The van der Waals surface area contributed by atoms with Crippen LogP contribution in [0.25, 0.3) is 0 Å². The lowest BCUT2D eigenvalue weighted by molar-refractivity contribution is -0.155. The van der Waals surface area contributed by atoms with Crippen LogP contribution in [-0.2, 0) is 9.53 Å². The smallest absolute Gasteiger partial charge is 0.344 e. The summed E-state index contributed by atoms with van der Waals surface area (Å²) >= 11 is 0. The maximum atomic E-state index is 11.9. The number of rotatable bonds is 4. The van der Waals surface area contributed by atoms with Crippen molar-refractivity contribution in [2.45, 2.75) is 46.1 Å². The van der Waals surface area contributed by atoms with Crippen molar-refractivity contribution in [3.63, 3.8) is 0 Å². The summed E-state index contributed by atoms with van der Waals surface area (Å²) in [5, 5.41) is 0. The Balaban J connectivity index is 1.82. The highest BCUT2D eigenvalue weighted by Gasteiger charge is 2.33. The van der Waals surface area contributed by atoms with Crippen LogP contribution in [0.2, 0.25) is 0 Å². The van der Waals surface area contributed by atoms with Gasteiger partial charge in [-0.3, -0.25) is 0 Å². The molecule has 1 aliphatic carbocycles. The summed E-state index contributed by atoms with van der Waals surface area (Å²) in [6, 6.07) is 7.03. The van der Waals surface area contributed by atoms with Crippen molar-refractivity contribution >= 4 is 11.7 Å². The SMILES string of the molecule is CC1CC(OC(=O)COc2cccc(N)c2)CC(C)(C)C1. The Labute approximate surface area is 126 Å². The molecule has 4 nitrogen and oxygen atoms in total. The predicted molar refractivity (Wildman–Crippen MR) is 83.0 cm³/mol. The van der Waals surface area contributed by atoms with Crippen LogP contribution in [0, 0.1) is 11.3 Å². The molecule has 2 N–H and O–H groups in total. The number of esters is 1. The van der Waals surface area contributed by atoms with Gasteiger partial charge in [0, 0.05) is 11.8 Å². The van der Waals surface area contributed by atoms with E-state index in [1.165, 1.54) is 6.42 Å². The minimum absolute atomic E-state index is 0.000641. The van der Waals surface area contributed by atoms with E-state index in [1.54, 1.807) is 24.3 Å². The highest BCUT2D eigenvalue weighted by atomic mass is 16.6. The molecule has 0 bridgehead atoms. The number of nitrogens with two attached hydrogens (primary N) is 1. The summed E-state index contributed by atoms with van der Waals surface area (Å²) in [5.74, 6) is 0.859. The molecule has 0 radical (unpaired) electrons. The van der Waals surface area contributed by atoms with Gasteiger partial charge in [0.15, 0.2) is 6.61 Å². The first-order valence-corrected chi connectivity index (χ1v) is 7.52. The van der Waals surface area contributed by atoms with Crippen LogP contribution in [0.15, 0.2) is 24.3 Å². The van der Waals surface area contributed by atoms with Gasteiger partial charge in [-0.15, -0.1) is 0 Å². The standard InChI is InChI=1S/C17H25NO3/c1-12-7-15(10-17(2,3)9-12)21-16(19)11-20-14-6-4-5-13(18)8-14/h4-6,8,12,15H,7,9-11,18H2,1-3H3. The molecule has 0 amide bonds. The second-order valence-electron chi connectivity index (χ2n) is 6.89. The number of benzene rings is 1. The fraction of sp³-hybridized carbons (Fsp3) is 0.588. The van der Waals surface area contributed by atoms with Crippen LogP contribution in [-0.4, -0.2) is 18.7 Å². The second kappa shape index (κ2) is 6.37. The molecule has 1 aromatic rings. The van der Waals surface area contributed by atoms with Gasteiger partial charge in [0.05, 0.1) is 0 Å². The molecule has 1 aromatic carbocycles. The highest BCUT2D eigenvalue weighted by Crippen LogP contribution is 2.39. The molecule has 4 heteroatoms. The van der Waals surface area contributed by atoms with E-state index in [9.17, 15) is 4.79 Å². The van der Waals surface area contributed by atoms with Crippen LogP contribution in [0.3, 0.4) is 0 Å². The number of hydrogen-bond donors (Lipinski definition) is 1. The maximum Gasteiger partial charge on any atom is 0.344 e. The first-order chi connectivity index (χ1) is 9.84. The summed E-state index contributed by atoms with van der Waals surface area (Å²) in [7, 11) is 0. The van der Waals surface area contributed by atoms with Crippen molar-refractivity contribution in [2.75, 3.05) is 12.3 Å². The third-order valence-electron chi connectivity index (χ3n) is 3.86. The van der Waals surface area contributed by atoms with Gasteiger partial charge in [-0.2, -0.15) is 0 Å². The summed E-state index contributed by atoms with van der Waals surface area (Å²) in [6.07, 6.45) is 3.04. The summed E-state index contributed by atoms with van der Waals surface area (Å²) in [6.45, 7) is 6.60. The average molecular weight is 291 g/mol. The molecule has 0 spiro atoms. The Morgan fingerprint density at radius 1 is 1.38 bits per heavy atom. The number of carbonyl (C=O) groups excluding carboxylic acids is 1. The molecule has 0 heterocycles. The highest BCUT2D eigenvalue weighted by molar-refractivity contribution is 5.71. The number of nitrogen functional groups attached to an aromatic ring is 1. The van der Waals surface area contributed by atoms with Crippen molar-refractivity contribution < 1.29 is 14.3 Å². The Hall–Kier alpha value is -1.71. The van der Waals surface area contributed by atoms with E-state index in [0.29, 0.717) is 17.4 Å². The summed E-state index contributed by atoms with van der Waals surface area (Å²) < 4.78 is 11.0. The van der Waals surface area contributed by atoms with Gasteiger partial charge in [0.1, 0.15) is 11.9 Å². The van der Waals surface area contributed by atoms with Crippen molar-refractivity contribution in [3.05, 3.63) is 24.3 Å². The van der Waals surface area contributed by atoms with E-state index in [1.807, 2.05) is 0 Å². The third kappa shape index (κ3) is 4.96. The lowest BCUT2D eigenvalue weighted by Crippen LogP contribution is -2.35. The van der Waals surface area contributed by atoms with E-state index in [4.69, 9.17) is 15.2 Å². The zero-order chi connectivity index (χ0) is 15.5. The average Bonchev–Trinajstić information content (AvgIpc) is 2.34. The Kier molecular flexibility index (Phi) is 4.76. The second-order valence-corrected chi connectivity index (χ2v) is 6.89. The summed E-state index contributed by atoms with van der Waals surface area (Å²) in [4.78, 5) is 11.9. The molecule has 2 rings (SSSR count). The third-order valence-corrected chi connectivity index (χ3v) is 3.86. The molecule has 21 heavy (non-hydrogen) atoms. The fourth-order valence-corrected chi connectivity index (χ4v) is 3.31. The van der Waals surface area contributed by atoms with E-state index in [-0.39, 0.29) is 24.1 Å². The number of anilines is 1. The van der Waals surface area contributed by atoms with Crippen LogP contribution >= 0.6 is 0 Å². The Morgan fingerprint density at radius 3 is 2.81 bits per heavy atom. The summed E-state index contributed by atoms with van der Waals surface area (Å²) in [5.41, 5.74) is 6.51. The van der Waals surface area contributed by atoms with Crippen molar-refractivity contribution in [2.24, 2.45) is 11.3 Å². The lowest BCUT2D eigenvalue weighted by atomic mass is 9.71. The molecule has 0 saturated heterocycles. The normalized spacial score (nSPS) is 24.3. The number of carbonyl (C=O) groups is 1. The zero-order valence-corrected chi connectivity index (χ0v) is 13.1. The molecule has 1 aliphatic rings. The maximum absolute atomic E-state index is 11.9. The largest absolute Gasteiger partial charge is 0.482 e. The topological polar surface area (TPSA) is 61.5 Å². The minimum atomic E-state index is -0.313. The molecule has 2 unspecified atom stereocenters. The van der Waals surface area contributed by atoms with Gasteiger partial charge in [-0.05, 0) is 42.7 Å². The molecule has 0 aliphatic heterocycles. The monoisotopic (exact) mass is 291 g/mol. The van der Waals surface area contributed by atoms with Crippen LogP contribution in [0.1, 0.15) is 40.0 Å². The predicted octanol–water partition coefficient (Wildman–Crippen LogP) is 3.41. The van der Waals surface area contributed by atoms with Gasteiger partial charge < -0.3 is 15.2 Å². The first kappa shape index (κ1) is 15.7. The molecule has 1 fully saturated rings. The van der Waals surface area contributed by atoms with Crippen molar-refractivity contribution in [1.82, 2.24) is 0 Å². The molecule has 0 aromatic heterocycles.